The number of rotatable bonds is 3. The van der Waals surface area contributed by atoms with Gasteiger partial charge in [0.15, 0.2) is 5.65 Å². The summed E-state index contributed by atoms with van der Waals surface area (Å²) in [6.07, 6.45) is 1.49. The first-order chi connectivity index (χ1) is 13.5. The zero-order chi connectivity index (χ0) is 19.3. The Bertz CT molecular complexity index is 1210. The number of para-hydroxylation sites is 1. The van der Waals surface area contributed by atoms with Crippen LogP contribution in [0.4, 0.5) is 10.3 Å². The Kier molecular flexibility index (Phi) is 3.56. The smallest absolute Gasteiger partial charge is 0.263 e. The molecule has 0 amide bonds. The highest BCUT2D eigenvalue weighted by atomic mass is 19.1. The van der Waals surface area contributed by atoms with Gasteiger partial charge in [0, 0.05) is 0 Å². The van der Waals surface area contributed by atoms with Crippen molar-refractivity contribution in [3.8, 4) is 5.69 Å². The van der Waals surface area contributed by atoms with E-state index in [1.165, 1.54) is 18.3 Å². The van der Waals surface area contributed by atoms with Gasteiger partial charge in [0.1, 0.15) is 16.8 Å². The number of halogens is 1. The molecule has 1 saturated heterocycles. The van der Waals surface area contributed by atoms with E-state index in [0.717, 1.165) is 5.69 Å². The minimum atomic E-state index is -1.11. The molecule has 0 bridgehead atoms. The molecule has 0 saturated carbocycles. The lowest BCUT2D eigenvalue weighted by Gasteiger charge is -2.46. The number of aliphatic hydroxyl groups is 1. The first-order valence-corrected chi connectivity index (χ1v) is 8.80. The molecular formula is C20H16FN5O2. The number of anilines is 1. The Morgan fingerprint density at radius 3 is 2.50 bits per heavy atom. The van der Waals surface area contributed by atoms with Crippen LogP contribution in [0.5, 0.6) is 0 Å². The number of aromatic nitrogens is 4. The van der Waals surface area contributed by atoms with Crippen LogP contribution in [0.2, 0.25) is 0 Å². The second-order valence-corrected chi connectivity index (χ2v) is 6.91. The molecule has 5 rings (SSSR count). The molecule has 140 valence electrons. The fourth-order valence-electron chi connectivity index (χ4n) is 3.49. The third kappa shape index (κ3) is 2.57. The summed E-state index contributed by atoms with van der Waals surface area (Å²) in [5.41, 5.74) is 0.471. The predicted octanol–water partition coefficient (Wildman–Crippen LogP) is 1.96. The maximum absolute atomic E-state index is 13.1. The van der Waals surface area contributed by atoms with Gasteiger partial charge >= 0.3 is 0 Å². The molecule has 0 atom stereocenters. The third-order valence-electron chi connectivity index (χ3n) is 5.01. The van der Waals surface area contributed by atoms with E-state index in [4.69, 9.17) is 0 Å². The van der Waals surface area contributed by atoms with Crippen molar-refractivity contribution in [2.45, 2.75) is 5.60 Å². The van der Waals surface area contributed by atoms with E-state index in [2.05, 4.69) is 15.1 Å². The Balaban J connectivity index is 1.49. The molecule has 0 unspecified atom stereocenters. The maximum atomic E-state index is 13.1. The number of nitrogens with zero attached hydrogens (tertiary/aromatic N) is 4. The highest BCUT2D eigenvalue weighted by molar-refractivity contribution is 5.76. The Labute approximate surface area is 158 Å². The second kappa shape index (κ2) is 6.00. The zero-order valence-electron chi connectivity index (χ0n) is 14.7. The van der Waals surface area contributed by atoms with Gasteiger partial charge < -0.3 is 10.0 Å². The molecule has 0 radical (unpaired) electrons. The molecule has 4 aromatic rings. The summed E-state index contributed by atoms with van der Waals surface area (Å²) in [4.78, 5) is 21.6. The standard InChI is InChI=1S/C20H16FN5O2/c21-14-8-6-13(7-9-14)20(28)11-25(12-20)19-23-17-16(18(27)24-19)10-22-26(17)15-4-2-1-3-5-15/h1-10,28H,11-12H2,(H,23,24,27). The van der Waals surface area contributed by atoms with Gasteiger partial charge in [-0.25, -0.2) is 9.07 Å². The van der Waals surface area contributed by atoms with E-state index in [1.54, 1.807) is 21.7 Å². The molecule has 8 heteroatoms. The minimum Gasteiger partial charge on any atom is -0.381 e. The number of aromatic amines is 1. The molecule has 0 aliphatic carbocycles. The van der Waals surface area contributed by atoms with Crippen molar-refractivity contribution in [1.29, 1.82) is 0 Å². The van der Waals surface area contributed by atoms with Crippen LogP contribution in [0.3, 0.4) is 0 Å². The summed E-state index contributed by atoms with van der Waals surface area (Å²) < 4.78 is 14.7. The quantitative estimate of drug-likeness (QED) is 0.570. The lowest BCUT2D eigenvalue weighted by molar-refractivity contribution is 0.00649. The van der Waals surface area contributed by atoms with Crippen LogP contribution in [0, 0.1) is 5.82 Å². The van der Waals surface area contributed by atoms with Crippen LogP contribution in [0.15, 0.2) is 65.6 Å². The number of fused-ring (bicyclic) bond motifs is 1. The van der Waals surface area contributed by atoms with Crippen LogP contribution in [-0.2, 0) is 5.60 Å². The monoisotopic (exact) mass is 377 g/mol. The fraction of sp³-hybridized carbons (Fsp3) is 0.150. The first kappa shape index (κ1) is 16.6. The number of H-pyrrole nitrogens is 1. The molecule has 2 aromatic carbocycles. The molecule has 7 nitrogen and oxygen atoms in total. The van der Waals surface area contributed by atoms with Crippen molar-refractivity contribution in [3.63, 3.8) is 0 Å². The van der Waals surface area contributed by atoms with Gasteiger partial charge in [-0.3, -0.25) is 9.78 Å². The van der Waals surface area contributed by atoms with Gasteiger partial charge in [-0.15, -0.1) is 0 Å². The molecule has 2 N–H and O–H groups in total. The second-order valence-electron chi connectivity index (χ2n) is 6.91. The van der Waals surface area contributed by atoms with Crippen LogP contribution in [0.1, 0.15) is 5.56 Å². The van der Waals surface area contributed by atoms with Gasteiger partial charge in [0.25, 0.3) is 5.56 Å². The molecule has 1 aliphatic heterocycles. The van der Waals surface area contributed by atoms with Crippen LogP contribution < -0.4 is 10.5 Å². The van der Waals surface area contributed by atoms with Gasteiger partial charge in [0.2, 0.25) is 5.95 Å². The number of β-amino-alcohol motifs (C(OH)–C–C–N with tert-alkyl or cyclic N) is 1. The van der Waals surface area contributed by atoms with Gasteiger partial charge in [0.05, 0.1) is 25.0 Å². The summed E-state index contributed by atoms with van der Waals surface area (Å²) in [7, 11) is 0. The summed E-state index contributed by atoms with van der Waals surface area (Å²) in [6, 6.07) is 15.2. The zero-order valence-corrected chi connectivity index (χ0v) is 14.7. The van der Waals surface area contributed by atoms with Crippen molar-refractivity contribution in [2.24, 2.45) is 0 Å². The minimum absolute atomic E-state index is 0.243. The normalized spacial score (nSPS) is 15.6. The highest BCUT2D eigenvalue weighted by Gasteiger charge is 2.44. The maximum Gasteiger partial charge on any atom is 0.263 e. The van der Waals surface area contributed by atoms with Crippen LogP contribution >= 0.6 is 0 Å². The molecule has 2 aromatic heterocycles. The van der Waals surface area contributed by atoms with Crippen LogP contribution in [-0.4, -0.2) is 37.9 Å². The van der Waals surface area contributed by atoms with Crippen molar-refractivity contribution in [3.05, 3.63) is 82.5 Å². The molecule has 1 aliphatic rings. The fourth-order valence-corrected chi connectivity index (χ4v) is 3.49. The van der Waals surface area contributed by atoms with Crippen molar-refractivity contribution >= 4 is 17.0 Å². The lowest BCUT2D eigenvalue weighted by atomic mass is 9.86. The van der Waals surface area contributed by atoms with E-state index in [9.17, 15) is 14.3 Å². The van der Waals surface area contributed by atoms with E-state index < -0.39 is 5.60 Å². The average molecular weight is 377 g/mol. The first-order valence-electron chi connectivity index (χ1n) is 8.80. The Morgan fingerprint density at radius 1 is 1.07 bits per heavy atom. The summed E-state index contributed by atoms with van der Waals surface area (Å²) in [6.45, 7) is 0.485. The van der Waals surface area contributed by atoms with Crippen molar-refractivity contribution in [1.82, 2.24) is 19.7 Å². The largest absolute Gasteiger partial charge is 0.381 e. The van der Waals surface area contributed by atoms with E-state index in [0.29, 0.717) is 22.5 Å². The predicted molar refractivity (Wildman–Crippen MR) is 102 cm³/mol. The molecule has 0 spiro atoms. The van der Waals surface area contributed by atoms with Crippen molar-refractivity contribution < 1.29 is 9.50 Å². The lowest BCUT2D eigenvalue weighted by Crippen LogP contribution is -2.60. The summed E-state index contributed by atoms with van der Waals surface area (Å²) in [5, 5.41) is 15.5. The van der Waals surface area contributed by atoms with E-state index in [-0.39, 0.29) is 24.5 Å². The molecule has 3 heterocycles. The Hall–Kier alpha value is -3.52. The molecular weight excluding hydrogens is 361 g/mol. The van der Waals surface area contributed by atoms with Gasteiger partial charge in [-0.1, -0.05) is 30.3 Å². The average Bonchev–Trinajstić information content (AvgIpc) is 3.11. The number of hydrogen-bond donors (Lipinski definition) is 2. The van der Waals surface area contributed by atoms with E-state index >= 15 is 0 Å². The number of benzene rings is 2. The van der Waals surface area contributed by atoms with Crippen molar-refractivity contribution in [2.75, 3.05) is 18.0 Å². The highest BCUT2D eigenvalue weighted by Crippen LogP contribution is 2.34. The Morgan fingerprint density at radius 2 is 1.79 bits per heavy atom. The molecule has 1 fully saturated rings. The van der Waals surface area contributed by atoms with Gasteiger partial charge in [-0.2, -0.15) is 10.1 Å². The summed E-state index contributed by atoms with van der Waals surface area (Å²) in [5.74, 6) is 0.0103. The van der Waals surface area contributed by atoms with E-state index in [1.807, 2.05) is 30.3 Å². The third-order valence-corrected chi connectivity index (χ3v) is 5.01. The number of hydrogen-bond acceptors (Lipinski definition) is 5. The number of nitrogens with one attached hydrogen (secondary N) is 1. The van der Waals surface area contributed by atoms with Crippen LogP contribution in [0.25, 0.3) is 16.7 Å². The summed E-state index contributed by atoms with van der Waals surface area (Å²) >= 11 is 0. The van der Waals surface area contributed by atoms with Gasteiger partial charge in [-0.05, 0) is 29.8 Å². The topological polar surface area (TPSA) is 87.0 Å². The SMILES string of the molecule is O=c1[nH]c(N2CC(O)(c3ccc(F)cc3)C2)nc2c1cnn2-c1ccccc1. The molecule has 28 heavy (non-hydrogen) atoms.